The van der Waals surface area contributed by atoms with Gasteiger partial charge in [0.05, 0.1) is 10.6 Å². The highest BCUT2D eigenvalue weighted by Gasteiger charge is 2.14. The number of sulfonamides is 1. The topological polar surface area (TPSA) is 72.2 Å². The smallest absolute Gasteiger partial charge is 0.261 e. The summed E-state index contributed by atoms with van der Waals surface area (Å²) in [5, 5.41) is 0. The molecule has 0 unspecified atom stereocenters. The Morgan fingerprint density at radius 2 is 1.89 bits per heavy atom. The molecular formula is C13H13FN2O2S. The molecule has 0 heterocycles. The minimum atomic E-state index is -3.77. The maximum Gasteiger partial charge on any atom is 0.261 e. The molecule has 0 amide bonds. The molecule has 0 aliphatic carbocycles. The Balaban J connectivity index is 2.36. The number of aryl methyl sites for hydroxylation is 1. The van der Waals surface area contributed by atoms with Crippen LogP contribution in [0.2, 0.25) is 0 Å². The Labute approximate surface area is 111 Å². The Bertz CT molecular complexity index is 694. The molecule has 2 aromatic carbocycles. The van der Waals surface area contributed by atoms with Crippen LogP contribution in [0.5, 0.6) is 0 Å². The summed E-state index contributed by atoms with van der Waals surface area (Å²) in [5.74, 6) is -0.495. The largest absolute Gasteiger partial charge is 0.399 e. The number of hydrogen-bond acceptors (Lipinski definition) is 3. The van der Waals surface area contributed by atoms with Gasteiger partial charge >= 0.3 is 0 Å². The van der Waals surface area contributed by atoms with Gasteiger partial charge in [0.1, 0.15) is 5.82 Å². The first-order valence-corrected chi connectivity index (χ1v) is 7.01. The number of hydrogen-bond donors (Lipinski definition) is 2. The van der Waals surface area contributed by atoms with Crippen molar-refractivity contribution in [3.8, 4) is 0 Å². The highest BCUT2D eigenvalue weighted by Crippen LogP contribution is 2.19. The third-order valence-corrected chi connectivity index (χ3v) is 3.84. The first kappa shape index (κ1) is 13.4. The minimum absolute atomic E-state index is 0.0365. The average molecular weight is 280 g/mol. The molecule has 19 heavy (non-hydrogen) atoms. The van der Waals surface area contributed by atoms with Gasteiger partial charge in [0.25, 0.3) is 10.0 Å². The maximum atomic E-state index is 13.2. The first-order valence-electron chi connectivity index (χ1n) is 5.52. The zero-order chi connectivity index (χ0) is 14.0. The third-order valence-electron chi connectivity index (χ3n) is 2.46. The molecule has 0 fully saturated rings. The normalized spacial score (nSPS) is 11.3. The molecule has 0 aliphatic heterocycles. The quantitative estimate of drug-likeness (QED) is 0.848. The minimum Gasteiger partial charge on any atom is -0.399 e. The molecule has 0 atom stereocenters. The lowest BCUT2D eigenvalue weighted by atomic mass is 10.2. The van der Waals surface area contributed by atoms with Crippen LogP contribution in [0.25, 0.3) is 0 Å². The fourth-order valence-corrected chi connectivity index (χ4v) is 2.79. The molecule has 6 heteroatoms. The summed E-state index contributed by atoms with van der Waals surface area (Å²) in [6, 6.07) is 9.88. The van der Waals surface area contributed by atoms with Gasteiger partial charge in [-0.25, -0.2) is 12.8 Å². The average Bonchev–Trinajstić information content (AvgIpc) is 2.26. The monoisotopic (exact) mass is 280 g/mol. The standard InChI is InChI=1S/C13H13FN2O2S/c1-9-5-10(14)7-12(6-9)16-19(17,18)13-4-2-3-11(15)8-13/h2-8,16H,15H2,1H3. The van der Waals surface area contributed by atoms with Crippen molar-refractivity contribution in [1.29, 1.82) is 0 Å². The van der Waals surface area contributed by atoms with E-state index in [1.165, 1.54) is 18.2 Å². The van der Waals surface area contributed by atoms with Crippen LogP contribution in [-0.4, -0.2) is 8.42 Å². The van der Waals surface area contributed by atoms with Crippen molar-refractivity contribution in [3.05, 3.63) is 53.8 Å². The van der Waals surface area contributed by atoms with Crippen LogP contribution in [-0.2, 0) is 10.0 Å². The molecular weight excluding hydrogens is 267 g/mol. The molecule has 0 aliphatic rings. The number of nitrogens with one attached hydrogen (secondary N) is 1. The molecule has 0 saturated carbocycles. The Kier molecular flexibility index (Phi) is 3.44. The zero-order valence-electron chi connectivity index (χ0n) is 10.2. The van der Waals surface area contributed by atoms with Crippen molar-refractivity contribution in [2.24, 2.45) is 0 Å². The highest BCUT2D eigenvalue weighted by atomic mass is 32.2. The van der Waals surface area contributed by atoms with E-state index in [2.05, 4.69) is 4.72 Å². The van der Waals surface area contributed by atoms with Crippen molar-refractivity contribution in [3.63, 3.8) is 0 Å². The van der Waals surface area contributed by atoms with Crippen LogP contribution in [0.3, 0.4) is 0 Å². The van der Waals surface area contributed by atoms with Gasteiger partial charge in [-0.2, -0.15) is 0 Å². The van der Waals surface area contributed by atoms with Gasteiger partial charge in [0.15, 0.2) is 0 Å². The number of nitrogens with two attached hydrogens (primary N) is 1. The van der Waals surface area contributed by atoms with Gasteiger partial charge in [0.2, 0.25) is 0 Å². The van der Waals surface area contributed by atoms with Crippen LogP contribution in [0.1, 0.15) is 5.56 Å². The van der Waals surface area contributed by atoms with Gasteiger partial charge in [-0.1, -0.05) is 6.07 Å². The van der Waals surface area contributed by atoms with Crippen LogP contribution in [0.15, 0.2) is 47.4 Å². The number of rotatable bonds is 3. The predicted octanol–water partition coefficient (Wildman–Crippen LogP) is 2.52. The van der Waals surface area contributed by atoms with Crippen LogP contribution >= 0.6 is 0 Å². The summed E-state index contributed by atoms with van der Waals surface area (Å²) in [7, 11) is -3.77. The molecule has 0 radical (unpaired) electrons. The second kappa shape index (κ2) is 4.89. The van der Waals surface area contributed by atoms with E-state index < -0.39 is 15.8 Å². The van der Waals surface area contributed by atoms with Gasteiger partial charge in [0, 0.05) is 5.69 Å². The van der Waals surface area contributed by atoms with Crippen molar-refractivity contribution in [2.45, 2.75) is 11.8 Å². The van der Waals surface area contributed by atoms with Crippen molar-refractivity contribution in [1.82, 2.24) is 0 Å². The lowest BCUT2D eigenvalue weighted by Gasteiger charge is -2.09. The molecule has 2 rings (SSSR count). The fraction of sp³-hybridized carbons (Fsp3) is 0.0769. The molecule has 3 N–H and O–H groups in total. The number of benzene rings is 2. The lowest BCUT2D eigenvalue weighted by molar-refractivity contribution is 0.601. The van der Waals surface area contributed by atoms with E-state index in [0.717, 1.165) is 6.07 Å². The van der Waals surface area contributed by atoms with E-state index in [-0.39, 0.29) is 10.6 Å². The summed E-state index contributed by atoms with van der Waals surface area (Å²) >= 11 is 0. The van der Waals surface area contributed by atoms with Gasteiger partial charge < -0.3 is 5.73 Å². The number of nitrogen functional groups attached to an aromatic ring is 1. The summed E-state index contributed by atoms with van der Waals surface area (Å²) in [6.07, 6.45) is 0. The van der Waals surface area contributed by atoms with Crippen LogP contribution in [0.4, 0.5) is 15.8 Å². The van der Waals surface area contributed by atoms with E-state index in [1.807, 2.05) is 0 Å². The Hall–Kier alpha value is -2.08. The molecule has 0 spiro atoms. The molecule has 4 nitrogen and oxygen atoms in total. The molecule has 100 valence electrons. The first-order chi connectivity index (χ1) is 8.87. The Morgan fingerprint density at radius 1 is 1.16 bits per heavy atom. The maximum absolute atomic E-state index is 13.2. The summed E-state index contributed by atoms with van der Waals surface area (Å²) in [5.41, 5.74) is 6.70. The van der Waals surface area contributed by atoms with Crippen molar-refractivity contribution >= 4 is 21.4 Å². The Morgan fingerprint density at radius 3 is 2.53 bits per heavy atom. The van der Waals surface area contributed by atoms with Crippen LogP contribution in [0, 0.1) is 12.7 Å². The van der Waals surface area contributed by atoms with Crippen molar-refractivity contribution in [2.75, 3.05) is 10.5 Å². The van der Waals surface area contributed by atoms with Crippen LogP contribution < -0.4 is 10.5 Å². The summed E-state index contributed by atoms with van der Waals surface area (Å²) in [4.78, 5) is 0.0365. The van der Waals surface area contributed by atoms with E-state index in [0.29, 0.717) is 11.3 Å². The van der Waals surface area contributed by atoms with Gasteiger partial charge in [-0.15, -0.1) is 0 Å². The zero-order valence-corrected chi connectivity index (χ0v) is 11.0. The van der Waals surface area contributed by atoms with E-state index in [4.69, 9.17) is 5.73 Å². The second-order valence-corrected chi connectivity index (χ2v) is 5.88. The number of halogens is 1. The van der Waals surface area contributed by atoms with E-state index in [9.17, 15) is 12.8 Å². The fourth-order valence-electron chi connectivity index (χ4n) is 1.69. The van der Waals surface area contributed by atoms with E-state index in [1.54, 1.807) is 25.1 Å². The third kappa shape index (κ3) is 3.23. The molecule has 2 aromatic rings. The highest BCUT2D eigenvalue weighted by molar-refractivity contribution is 7.92. The molecule has 0 saturated heterocycles. The summed E-state index contributed by atoms with van der Waals surface area (Å²) in [6.45, 7) is 1.68. The van der Waals surface area contributed by atoms with Crippen molar-refractivity contribution < 1.29 is 12.8 Å². The van der Waals surface area contributed by atoms with E-state index >= 15 is 0 Å². The second-order valence-electron chi connectivity index (χ2n) is 4.20. The van der Waals surface area contributed by atoms with Gasteiger partial charge in [-0.3, -0.25) is 4.72 Å². The molecule has 0 aromatic heterocycles. The van der Waals surface area contributed by atoms with Gasteiger partial charge in [-0.05, 0) is 48.9 Å². The molecule has 0 bridgehead atoms. The lowest BCUT2D eigenvalue weighted by Crippen LogP contribution is -2.13. The number of anilines is 2. The summed E-state index contributed by atoms with van der Waals surface area (Å²) < 4.78 is 39.7. The predicted molar refractivity (Wildman–Crippen MR) is 72.8 cm³/mol. The SMILES string of the molecule is Cc1cc(F)cc(NS(=O)(=O)c2cccc(N)c2)c1.